The zero-order chi connectivity index (χ0) is 57.0. The molecule has 3 atom stereocenters. The molecule has 0 radical (unpaired) electrons. The van der Waals surface area contributed by atoms with Gasteiger partial charge in [0.25, 0.3) is 0 Å². The van der Waals surface area contributed by atoms with Crippen LogP contribution in [-0.2, 0) is 18.4 Å². The summed E-state index contributed by atoms with van der Waals surface area (Å²) in [4.78, 5) is 23.4. The highest BCUT2D eigenvalue weighted by molar-refractivity contribution is 7.47. The van der Waals surface area contributed by atoms with Crippen LogP contribution in [0.3, 0.4) is 0 Å². The van der Waals surface area contributed by atoms with Crippen LogP contribution < -0.4 is 5.32 Å². The molecule has 464 valence electrons. The summed E-state index contributed by atoms with van der Waals surface area (Å²) in [6.07, 6.45) is 78.9. The van der Waals surface area contributed by atoms with Crippen molar-refractivity contribution >= 4 is 13.7 Å². The number of rotatable bonds is 65. The number of quaternary nitrogens is 1. The molecule has 0 saturated carbocycles. The first kappa shape index (κ1) is 77.0. The Morgan fingerprint density at radius 3 is 0.987 bits per heavy atom. The van der Waals surface area contributed by atoms with Crippen molar-refractivity contribution in [2.75, 3.05) is 40.9 Å². The minimum absolute atomic E-state index is 0.0638. The predicted octanol–water partition coefficient (Wildman–Crippen LogP) is 21.9. The number of allylic oxidation sites excluding steroid dienone is 3. The maximum Gasteiger partial charge on any atom is 0.472 e. The lowest BCUT2D eigenvalue weighted by Gasteiger charge is -2.25. The van der Waals surface area contributed by atoms with Gasteiger partial charge in [-0.1, -0.05) is 334 Å². The molecular formula is C69H138N2O6P+. The van der Waals surface area contributed by atoms with Crippen molar-refractivity contribution in [3.63, 3.8) is 0 Å². The number of phosphoric acid groups is 1. The third kappa shape index (κ3) is 62.6. The monoisotopic (exact) mass is 1120 g/mol. The topological polar surface area (TPSA) is 105 Å². The van der Waals surface area contributed by atoms with E-state index in [1.165, 1.54) is 308 Å². The van der Waals surface area contributed by atoms with Gasteiger partial charge in [0.1, 0.15) is 13.2 Å². The van der Waals surface area contributed by atoms with Gasteiger partial charge in [0.15, 0.2) is 0 Å². The first-order chi connectivity index (χ1) is 38.0. The van der Waals surface area contributed by atoms with Crippen molar-refractivity contribution in [2.45, 2.75) is 373 Å². The molecule has 3 unspecified atom stereocenters. The summed E-state index contributed by atoms with van der Waals surface area (Å²) in [6, 6.07) is -0.846. The van der Waals surface area contributed by atoms with E-state index in [-0.39, 0.29) is 19.1 Å². The first-order valence-corrected chi connectivity index (χ1v) is 36.2. The van der Waals surface area contributed by atoms with Gasteiger partial charge in [-0.05, 0) is 44.9 Å². The normalized spacial score (nSPS) is 13.8. The predicted molar refractivity (Wildman–Crippen MR) is 342 cm³/mol. The van der Waals surface area contributed by atoms with Crippen molar-refractivity contribution in [1.82, 2.24) is 5.32 Å². The molecule has 9 heteroatoms. The number of carbonyl (C=O) groups is 1. The van der Waals surface area contributed by atoms with E-state index in [0.717, 1.165) is 32.1 Å². The van der Waals surface area contributed by atoms with Gasteiger partial charge in [-0.2, -0.15) is 0 Å². The number of likely N-dealkylation sites (N-methyl/N-ethyl adjacent to an activating group) is 1. The largest absolute Gasteiger partial charge is 0.472 e. The Bertz CT molecular complexity index is 1320. The Morgan fingerprint density at radius 1 is 0.423 bits per heavy atom. The van der Waals surface area contributed by atoms with Crippen molar-refractivity contribution in [1.29, 1.82) is 0 Å². The van der Waals surface area contributed by atoms with E-state index in [2.05, 4.69) is 31.3 Å². The SMILES string of the molecule is CCCCCCCCCC/C=C\CCCCCCCCCCCCCCCC(=O)NC(COP(=O)(O)OCC[N+](C)(C)C)C(O)/C=C/CCCCCCCCCCCCCCCCCCCCCCCCCCCCCCC. The average molecular weight is 1120 g/mol. The van der Waals surface area contributed by atoms with E-state index >= 15 is 0 Å². The third-order valence-corrected chi connectivity index (χ3v) is 17.1. The smallest absolute Gasteiger partial charge is 0.387 e. The molecule has 8 nitrogen and oxygen atoms in total. The number of phosphoric ester groups is 1. The highest BCUT2D eigenvalue weighted by Crippen LogP contribution is 2.43. The van der Waals surface area contributed by atoms with E-state index in [0.29, 0.717) is 17.4 Å². The second kappa shape index (κ2) is 60.6. The first-order valence-electron chi connectivity index (χ1n) is 34.7. The van der Waals surface area contributed by atoms with Gasteiger partial charge in [0, 0.05) is 6.42 Å². The van der Waals surface area contributed by atoms with Gasteiger partial charge in [-0.15, -0.1) is 0 Å². The van der Waals surface area contributed by atoms with Gasteiger partial charge < -0.3 is 19.8 Å². The Morgan fingerprint density at radius 2 is 0.692 bits per heavy atom. The Hall–Kier alpha value is -1.02. The molecule has 0 aromatic heterocycles. The molecule has 0 spiro atoms. The molecular weight excluding hydrogens is 984 g/mol. The highest BCUT2D eigenvalue weighted by atomic mass is 31.2. The minimum atomic E-state index is -4.35. The molecule has 0 aliphatic carbocycles. The van der Waals surface area contributed by atoms with E-state index in [4.69, 9.17) is 9.05 Å². The number of amides is 1. The highest BCUT2D eigenvalue weighted by Gasteiger charge is 2.28. The van der Waals surface area contributed by atoms with Gasteiger partial charge in [0.2, 0.25) is 5.91 Å². The number of hydrogen-bond donors (Lipinski definition) is 3. The third-order valence-electron chi connectivity index (χ3n) is 16.2. The number of hydrogen-bond acceptors (Lipinski definition) is 5. The zero-order valence-electron chi connectivity index (χ0n) is 53.2. The second-order valence-electron chi connectivity index (χ2n) is 25.3. The Kier molecular flexibility index (Phi) is 59.8. The Balaban J connectivity index is 4.05. The molecule has 0 aromatic rings. The average Bonchev–Trinajstić information content (AvgIpc) is 3.41. The van der Waals surface area contributed by atoms with Crippen molar-refractivity contribution in [2.24, 2.45) is 0 Å². The molecule has 3 N–H and O–H groups in total. The molecule has 0 saturated heterocycles. The number of nitrogens with zero attached hydrogens (tertiary/aromatic N) is 1. The van der Waals surface area contributed by atoms with Crippen molar-refractivity contribution < 1.29 is 32.9 Å². The van der Waals surface area contributed by atoms with E-state index < -0.39 is 20.0 Å². The van der Waals surface area contributed by atoms with Crippen LogP contribution in [0.25, 0.3) is 0 Å². The lowest BCUT2D eigenvalue weighted by Crippen LogP contribution is -2.45. The molecule has 0 bridgehead atoms. The summed E-state index contributed by atoms with van der Waals surface area (Å²) < 4.78 is 23.8. The number of aliphatic hydroxyl groups excluding tert-OH is 1. The molecule has 0 aliphatic rings. The van der Waals surface area contributed by atoms with Gasteiger partial charge in [0.05, 0.1) is 39.9 Å². The number of unbranched alkanes of at least 4 members (excludes halogenated alkanes) is 50. The number of nitrogens with one attached hydrogen (secondary N) is 1. The lowest BCUT2D eigenvalue weighted by molar-refractivity contribution is -0.870. The fourth-order valence-electron chi connectivity index (χ4n) is 10.7. The van der Waals surface area contributed by atoms with Crippen molar-refractivity contribution in [3.8, 4) is 0 Å². The summed E-state index contributed by atoms with van der Waals surface area (Å²) in [5.41, 5.74) is 0. The van der Waals surface area contributed by atoms with Gasteiger partial charge in [-0.25, -0.2) is 4.57 Å². The fraction of sp³-hybridized carbons (Fsp3) is 0.928. The minimum Gasteiger partial charge on any atom is -0.387 e. The van der Waals surface area contributed by atoms with Gasteiger partial charge in [-0.3, -0.25) is 13.8 Å². The zero-order valence-corrected chi connectivity index (χ0v) is 54.1. The van der Waals surface area contributed by atoms with Crippen LogP contribution in [0, 0.1) is 0 Å². The number of aliphatic hydroxyl groups is 1. The van der Waals surface area contributed by atoms with Crippen LogP contribution in [0.4, 0.5) is 0 Å². The molecule has 0 rings (SSSR count). The summed E-state index contributed by atoms with van der Waals surface area (Å²) in [7, 11) is 1.59. The molecule has 1 amide bonds. The van der Waals surface area contributed by atoms with Crippen LogP contribution in [-0.4, -0.2) is 73.4 Å². The lowest BCUT2D eigenvalue weighted by atomic mass is 10.0. The summed E-state index contributed by atoms with van der Waals surface area (Å²) in [5.74, 6) is -0.170. The maximum atomic E-state index is 13.0. The van der Waals surface area contributed by atoms with E-state index in [1.54, 1.807) is 6.08 Å². The standard InChI is InChI=1S/C69H137N2O6P/c1-6-8-10-12-14-16-18-20-22-24-26-28-30-32-33-34-35-36-37-39-40-42-44-46-48-50-52-54-56-58-60-62-68(72)67(66-77-78(74,75)76-65-64-71(3,4)5)70-69(73)63-61-59-57-55-53-51-49-47-45-43-41-38-31-29-27-25-23-21-19-17-15-13-11-9-7-2/h25,27,60,62,67-68,72H,6-24,26,28-59,61,63-66H2,1-5H3,(H-,70,73,74,75)/p+1/b27-25-,62-60+. The molecule has 0 aliphatic heterocycles. The van der Waals surface area contributed by atoms with Crippen LogP contribution in [0.15, 0.2) is 24.3 Å². The van der Waals surface area contributed by atoms with E-state index in [1.807, 2.05) is 27.2 Å². The van der Waals surface area contributed by atoms with Crippen LogP contribution >= 0.6 is 7.82 Å². The molecule has 0 heterocycles. The quantitative estimate of drug-likeness (QED) is 0.0243. The van der Waals surface area contributed by atoms with Crippen LogP contribution in [0.1, 0.15) is 361 Å². The molecule has 0 aromatic carbocycles. The van der Waals surface area contributed by atoms with Crippen LogP contribution in [0.5, 0.6) is 0 Å². The number of carbonyl (C=O) groups excluding carboxylic acids is 1. The summed E-state index contributed by atoms with van der Waals surface area (Å²) in [5, 5.41) is 14.0. The summed E-state index contributed by atoms with van der Waals surface area (Å²) >= 11 is 0. The van der Waals surface area contributed by atoms with E-state index in [9.17, 15) is 19.4 Å². The molecule has 0 fully saturated rings. The maximum absolute atomic E-state index is 13.0. The molecule has 78 heavy (non-hydrogen) atoms. The van der Waals surface area contributed by atoms with Gasteiger partial charge >= 0.3 is 7.82 Å². The Labute approximate surface area is 487 Å². The fourth-order valence-corrected chi connectivity index (χ4v) is 11.5. The summed E-state index contributed by atoms with van der Waals surface area (Å²) in [6.45, 7) is 4.88. The van der Waals surface area contributed by atoms with Crippen LogP contribution in [0.2, 0.25) is 0 Å². The van der Waals surface area contributed by atoms with Crippen molar-refractivity contribution in [3.05, 3.63) is 24.3 Å². The second-order valence-corrected chi connectivity index (χ2v) is 26.7.